The fourth-order valence-electron chi connectivity index (χ4n) is 4.50. The van der Waals surface area contributed by atoms with Crippen LogP contribution in [0.25, 0.3) is 11.1 Å². The summed E-state index contributed by atoms with van der Waals surface area (Å²) in [5.74, 6) is -0.234. The van der Waals surface area contributed by atoms with Crippen LogP contribution >= 0.6 is 0 Å². The molecule has 1 aromatic heterocycles. The van der Waals surface area contributed by atoms with E-state index in [1.54, 1.807) is 10.6 Å². The lowest BCUT2D eigenvalue weighted by Crippen LogP contribution is -2.47. The van der Waals surface area contributed by atoms with Gasteiger partial charge in [0, 0.05) is 31.6 Å². The van der Waals surface area contributed by atoms with Gasteiger partial charge in [-0.2, -0.15) is 0 Å². The second-order valence-corrected chi connectivity index (χ2v) is 7.22. The summed E-state index contributed by atoms with van der Waals surface area (Å²) in [5.41, 5.74) is 1.33. The van der Waals surface area contributed by atoms with E-state index in [1.165, 1.54) is 12.8 Å². The zero-order valence-corrected chi connectivity index (χ0v) is 14.7. The van der Waals surface area contributed by atoms with Crippen LogP contribution in [0.5, 0.6) is 0 Å². The highest BCUT2D eigenvalue weighted by Crippen LogP contribution is 2.29. The second-order valence-electron chi connectivity index (χ2n) is 7.22. The Labute approximate surface area is 147 Å². The highest BCUT2D eigenvalue weighted by molar-refractivity contribution is 5.77. The fourth-order valence-corrected chi connectivity index (χ4v) is 4.50. The molecule has 0 spiro atoms. The third-order valence-corrected chi connectivity index (χ3v) is 5.76. The quantitative estimate of drug-likeness (QED) is 0.853. The van der Waals surface area contributed by atoms with Gasteiger partial charge in [-0.15, -0.1) is 0 Å². The fraction of sp³-hybridized carbons (Fsp3) is 0.579. The molecule has 4 rings (SSSR count). The van der Waals surface area contributed by atoms with Gasteiger partial charge in [-0.25, -0.2) is 4.79 Å². The second kappa shape index (κ2) is 6.67. The van der Waals surface area contributed by atoms with Crippen molar-refractivity contribution in [2.45, 2.75) is 50.7 Å². The Morgan fingerprint density at radius 1 is 1.16 bits per heavy atom. The molecule has 6 heteroatoms. The Hall–Kier alpha value is -2.08. The molecule has 2 saturated heterocycles. The van der Waals surface area contributed by atoms with Crippen molar-refractivity contribution in [1.29, 1.82) is 0 Å². The zero-order chi connectivity index (χ0) is 17.4. The van der Waals surface area contributed by atoms with Gasteiger partial charge >= 0.3 is 5.76 Å². The number of hydrogen-bond donors (Lipinski definition) is 0. The zero-order valence-electron chi connectivity index (χ0n) is 14.7. The van der Waals surface area contributed by atoms with Crippen molar-refractivity contribution >= 4 is 17.0 Å². The van der Waals surface area contributed by atoms with Crippen molar-refractivity contribution in [2.24, 2.45) is 0 Å². The van der Waals surface area contributed by atoms with E-state index in [4.69, 9.17) is 4.42 Å². The first kappa shape index (κ1) is 16.4. The van der Waals surface area contributed by atoms with E-state index in [9.17, 15) is 9.59 Å². The average Bonchev–Trinajstić information content (AvgIpc) is 3.30. The number of oxazole rings is 1. The third kappa shape index (κ3) is 2.99. The van der Waals surface area contributed by atoms with Crippen LogP contribution in [0.1, 0.15) is 32.1 Å². The minimum absolute atomic E-state index is 0.153. The van der Waals surface area contributed by atoms with Crippen LogP contribution in [0.2, 0.25) is 0 Å². The summed E-state index contributed by atoms with van der Waals surface area (Å²) in [4.78, 5) is 29.3. The molecule has 2 aliphatic rings. The predicted octanol–water partition coefficient (Wildman–Crippen LogP) is 2.07. The highest BCUT2D eigenvalue weighted by Gasteiger charge is 2.38. The van der Waals surface area contributed by atoms with E-state index in [1.807, 2.05) is 18.2 Å². The van der Waals surface area contributed by atoms with Crippen LogP contribution in [-0.4, -0.2) is 52.5 Å². The monoisotopic (exact) mass is 343 g/mol. The first-order valence-electron chi connectivity index (χ1n) is 9.23. The van der Waals surface area contributed by atoms with Gasteiger partial charge in [0.25, 0.3) is 0 Å². The molecule has 2 fully saturated rings. The summed E-state index contributed by atoms with van der Waals surface area (Å²) in [5, 5.41) is 0. The molecule has 2 aliphatic heterocycles. The number of para-hydroxylation sites is 2. The SMILES string of the molecule is CN1CCC[C@@H]1[C@@H]1CCCN1C(=O)CCn1c(=O)oc2ccccc21. The Morgan fingerprint density at radius 3 is 2.72 bits per heavy atom. The predicted molar refractivity (Wildman–Crippen MR) is 95.5 cm³/mol. The van der Waals surface area contributed by atoms with Crippen LogP contribution in [0.3, 0.4) is 0 Å². The number of hydrogen-bond acceptors (Lipinski definition) is 4. The maximum absolute atomic E-state index is 12.8. The molecule has 1 amide bonds. The van der Waals surface area contributed by atoms with Crippen LogP contribution < -0.4 is 5.76 Å². The number of fused-ring (bicyclic) bond motifs is 1. The summed E-state index contributed by atoms with van der Waals surface area (Å²) in [6.45, 7) is 2.34. The largest absolute Gasteiger partial charge is 0.419 e. The van der Waals surface area contributed by atoms with Crippen LogP contribution in [0, 0.1) is 0 Å². The standard InChI is InChI=1S/C19H25N3O3/c1-20-11-4-7-14(20)15-8-5-12-21(15)18(23)10-13-22-16-6-2-3-9-17(16)25-19(22)24/h2-3,6,9,14-15H,4-5,7-8,10-13H2,1H3/t14-,15+/m1/s1. The van der Waals surface area contributed by atoms with Gasteiger partial charge < -0.3 is 14.2 Å². The molecule has 0 unspecified atom stereocenters. The first-order valence-corrected chi connectivity index (χ1v) is 9.23. The van der Waals surface area contributed by atoms with Gasteiger partial charge in [-0.3, -0.25) is 9.36 Å². The van der Waals surface area contributed by atoms with Gasteiger partial charge in [-0.1, -0.05) is 12.1 Å². The van der Waals surface area contributed by atoms with E-state index in [2.05, 4.69) is 16.8 Å². The van der Waals surface area contributed by atoms with Crippen molar-refractivity contribution in [3.63, 3.8) is 0 Å². The number of nitrogens with zero attached hydrogens (tertiary/aromatic N) is 3. The topological polar surface area (TPSA) is 58.7 Å². The third-order valence-electron chi connectivity index (χ3n) is 5.76. The Kier molecular flexibility index (Phi) is 4.37. The summed E-state index contributed by atoms with van der Waals surface area (Å²) in [6.07, 6.45) is 4.91. The first-order chi connectivity index (χ1) is 12.1. The van der Waals surface area contributed by atoms with Crippen LogP contribution in [-0.2, 0) is 11.3 Å². The number of benzene rings is 1. The van der Waals surface area contributed by atoms with Gasteiger partial charge in [0.05, 0.1) is 5.52 Å². The van der Waals surface area contributed by atoms with Crippen molar-refractivity contribution in [3.8, 4) is 0 Å². The number of likely N-dealkylation sites (tertiary alicyclic amines) is 2. The lowest BCUT2D eigenvalue weighted by atomic mass is 10.0. The van der Waals surface area contributed by atoms with E-state index < -0.39 is 0 Å². The Bertz CT molecular complexity index is 825. The Morgan fingerprint density at radius 2 is 1.92 bits per heavy atom. The number of carbonyl (C=O) groups excluding carboxylic acids is 1. The lowest BCUT2D eigenvalue weighted by Gasteiger charge is -2.33. The molecule has 6 nitrogen and oxygen atoms in total. The minimum Gasteiger partial charge on any atom is -0.408 e. The molecular weight excluding hydrogens is 318 g/mol. The Balaban J connectivity index is 1.46. The number of likely N-dealkylation sites (N-methyl/N-ethyl adjacent to an activating group) is 1. The van der Waals surface area contributed by atoms with Crippen molar-refractivity contribution in [3.05, 3.63) is 34.8 Å². The van der Waals surface area contributed by atoms with E-state index in [0.29, 0.717) is 30.6 Å². The van der Waals surface area contributed by atoms with Crippen LogP contribution in [0.15, 0.2) is 33.5 Å². The average molecular weight is 343 g/mol. The van der Waals surface area contributed by atoms with E-state index >= 15 is 0 Å². The van der Waals surface area contributed by atoms with E-state index in [0.717, 1.165) is 31.4 Å². The number of carbonyl (C=O) groups is 1. The van der Waals surface area contributed by atoms with Gasteiger partial charge in [0.15, 0.2) is 5.58 Å². The maximum atomic E-state index is 12.8. The van der Waals surface area contributed by atoms with Crippen LogP contribution in [0.4, 0.5) is 0 Å². The molecule has 1 aromatic carbocycles. The molecule has 0 radical (unpaired) electrons. The number of aromatic nitrogens is 1. The summed E-state index contributed by atoms with van der Waals surface area (Å²) in [6, 6.07) is 8.18. The van der Waals surface area contributed by atoms with Gasteiger partial charge in [-0.05, 0) is 51.4 Å². The maximum Gasteiger partial charge on any atom is 0.419 e. The number of amides is 1. The lowest BCUT2D eigenvalue weighted by molar-refractivity contribution is -0.133. The molecule has 0 saturated carbocycles. The molecular formula is C19H25N3O3. The van der Waals surface area contributed by atoms with E-state index in [-0.39, 0.29) is 11.7 Å². The molecule has 134 valence electrons. The van der Waals surface area contributed by atoms with Crippen molar-refractivity contribution < 1.29 is 9.21 Å². The normalized spacial score (nSPS) is 24.4. The smallest absolute Gasteiger partial charge is 0.408 e. The van der Waals surface area contributed by atoms with Crippen molar-refractivity contribution in [1.82, 2.24) is 14.4 Å². The number of aryl methyl sites for hydroxylation is 1. The molecule has 25 heavy (non-hydrogen) atoms. The molecule has 2 atom stereocenters. The molecule has 0 N–H and O–H groups in total. The summed E-state index contributed by atoms with van der Waals surface area (Å²) < 4.78 is 6.82. The summed E-state index contributed by atoms with van der Waals surface area (Å²) >= 11 is 0. The minimum atomic E-state index is -0.387. The number of rotatable bonds is 4. The molecule has 0 bridgehead atoms. The molecule has 0 aliphatic carbocycles. The molecule has 2 aromatic rings. The van der Waals surface area contributed by atoms with Gasteiger partial charge in [0.2, 0.25) is 5.91 Å². The summed E-state index contributed by atoms with van der Waals surface area (Å²) in [7, 11) is 2.16. The van der Waals surface area contributed by atoms with Gasteiger partial charge in [0.1, 0.15) is 0 Å². The molecule has 3 heterocycles. The highest BCUT2D eigenvalue weighted by atomic mass is 16.4. The van der Waals surface area contributed by atoms with Crippen molar-refractivity contribution in [2.75, 3.05) is 20.1 Å².